The van der Waals surface area contributed by atoms with Gasteiger partial charge in [-0.25, -0.2) is 5.43 Å². The average molecular weight is 266 g/mol. The molecular formula is C12H16ClN5. The summed E-state index contributed by atoms with van der Waals surface area (Å²) in [6.45, 7) is 3.39. The van der Waals surface area contributed by atoms with Crippen molar-refractivity contribution in [3.8, 4) is 0 Å². The van der Waals surface area contributed by atoms with E-state index < -0.39 is 0 Å². The number of hydrazine groups is 3. The van der Waals surface area contributed by atoms with Crippen molar-refractivity contribution >= 4 is 17.4 Å². The molecule has 5 nitrogen and oxygen atoms in total. The fraction of sp³-hybridized carbons (Fsp3) is 0.250. The lowest BCUT2D eigenvalue weighted by atomic mass is 10.2. The second kappa shape index (κ2) is 6.39. The van der Waals surface area contributed by atoms with Crippen LogP contribution < -0.4 is 16.3 Å². The third kappa shape index (κ3) is 3.73. The molecule has 18 heavy (non-hydrogen) atoms. The van der Waals surface area contributed by atoms with Gasteiger partial charge in [0.2, 0.25) is 0 Å². The first-order valence-electron chi connectivity index (χ1n) is 5.80. The molecule has 2 rings (SSSR count). The molecule has 0 aromatic heterocycles. The number of hydrogen-bond donors (Lipinski definition) is 3. The summed E-state index contributed by atoms with van der Waals surface area (Å²) >= 11 is 5.97. The molecule has 0 saturated heterocycles. The van der Waals surface area contributed by atoms with Crippen molar-refractivity contribution in [2.45, 2.75) is 13.5 Å². The second-order valence-corrected chi connectivity index (χ2v) is 4.16. The summed E-state index contributed by atoms with van der Waals surface area (Å²) in [4.78, 5) is 4.46. The van der Waals surface area contributed by atoms with Gasteiger partial charge in [-0.15, -0.1) is 0 Å². The largest absolute Gasteiger partial charge is 0.277 e. The van der Waals surface area contributed by atoms with Crippen molar-refractivity contribution in [2.24, 2.45) is 4.99 Å². The van der Waals surface area contributed by atoms with Crippen molar-refractivity contribution in [3.05, 3.63) is 47.1 Å². The van der Waals surface area contributed by atoms with Crippen LogP contribution in [-0.2, 0) is 6.54 Å². The maximum absolute atomic E-state index is 5.97. The Bertz CT molecular complexity index is 443. The Morgan fingerprint density at radius 1 is 1.28 bits per heavy atom. The third-order valence-corrected chi connectivity index (χ3v) is 2.49. The van der Waals surface area contributed by atoms with Crippen LogP contribution in [0.2, 0.25) is 0 Å². The molecule has 0 radical (unpaired) electrons. The lowest BCUT2D eigenvalue weighted by Crippen LogP contribution is -2.59. The Kier molecular flexibility index (Phi) is 4.58. The zero-order valence-corrected chi connectivity index (χ0v) is 10.9. The maximum atomic E-state index is 5.97. The molecule has 0 unspecified atom stereocenters. The Labute approximate surface area is 111 Å². The van der Waals surface area contributed by atoms with Crippen LogP contribution in [0.5, 0.6) is 0 Å². The number of benzene rings is 1. The van der Waals surface area contributed by atoms with Gasteiger partial charge < -0.3 is 0 Å². The minimum Gasteiger partial charge on any atom is -0.277 e. The first-order valence-corrected chi connectivity index (χ1v) is 6.18. The SMILES string of the molecule is CCNN1NC(Cl)=CC(=NCc2ccccc2)N1. The van der Waals surface area contributed by atoms with E-state index in [1.54, 1.807) is 11.3 Å². The minimum atomic E-state index is 0.515. The van der Waals surface area contributed by atoms with Crippen molar-refractivity contribution in [1.82, 2.24) is 21.5 Å². The molecule has 1 aromatic rings. The van der Waals surface area contributed by atoms with Gasteiger partial charge in [-0.05, 0) is 5.56 Å². The molecule has 1 aliphatic heterocycles. The van der Waals surface area contributed by atoms with Crippen LogP contribution in [0, 0.1) is 0 Å². The lowest BCUT2D eigenvalue weighted by Gasteiger charge is -2.28. The standard InChI is InChI=1S/C12H16ClN5/c1-2-15-18-16-11(13)8-12(17-18)14-9-10-6-4-3-5-7-10/h3-8,15-16H,2,9H2,1H3,(H,14,17). The normalized spacial score (nSPS) is 18.1. The molecule has 0 atom stereocenters. The number of aliphatic imine (C=N–C) groups is 1. The predicted molar refractivity (Wildman–Crippen MR) is 73.3 cm³/mol. The van der Waals surface area contributed by atoms with E-state index in [4.69, 9.17) is 11.6 Å². The van der Waals surface area contributed by atoms with Crippen LogP contribution in [0.1, 0.15) is 12.5 Å². The first kappa shape index (κ1) is 12.9. The van der Waals surface area contributed by atoms with Gasteiger partial charge in [0.05, 0.1) is 6.54 Å². The zero-order valence-electron chi connectivity index (χ0n) is 10.2. The van der Waals surface area contributed by atoms with Gasteiger partial charge in [0.25, 0.3) is 0 Å². The van der Waals surface area contributed by atoms with Crippen molar-refractivity contribution < 1.29 is 0 Å². The van der Waals surface area contributed by atoms with Gasteiger partial charge in [-0.3, -0.25) is 15.8 Å². The zero-order chi connectivity index (χ0) is 12.8. The number of nitrogens with one attached hydrogen (secondary N) is 3. The van der Waals surface area contributed by atoms with Gasteiger partial charge in [0, 0.05) is 12.6 Å². The summed E-state index contributed by atoms with van der Waals surface area (Å²) in [7, 11) is 0. The van der Waals surface area contributed by atoms with Crippen molar-refractivity contribution in [1.29, 1.82) is 0 Å². The fourth-order valence-corrected chi connectivity index (χ4v) is 1.70. The number of rotatable bonds is 4. The molecule has 1 aliphatic rings. The van der Waals surface area contributed by atoms with Crippen LogP contribution in [0.15, 0.2) is 46.6 Å². The third-order valence-electron chi connectivity index (χ3n) is 2.30. The second-order valence-electron chi connectivity index (χ2n) is 3.75. The Morgan fingerprint density at radius 3 is 2.78 bits per heavy atom. The number of amidine groups is 1. The predicted octanol–water partition coefficient (Wildman–Crippen LogP) is 1.51. The van der Waals surface area contributed by atoms with Gasteiger partial charge in [-0.2, -0.15) is 0 Å². The van der Waals surface area contributed by atoms with Crippen LogP contribution >= 0.6 is 11.6 Å². The van der Waals surface area contributed by atoms with Crippen LogP contribution in [-0.4, -0.2) is 17.6 Å². The van der Waals surface area contributed by atoms with Crippen molar-refractivity contribution in [2.75, 3.05) is 6.54 Å². The molecule has 6 heteroatoms. The molecule has 0 amide bonds. The molecule has 0 aliphatic carbocycles. The van der Waals surface area contributed by atoms with E-state index in [9.17, 15) is 0 Å². The monoisotopic (exact) mass is 265 g/mol. The summed E-state index contributed by atoms with van der Waals surface area (Å²) in [6, 6.07) is 10.1. The average Bonchev–Trinajstić information content (AvgIpc) is 2.37. The van der Waals surface area contributed by atoms with Gasteiger partial charge in [0.1, 0.15) is 11.0 Å². The van der Waals surface area contributed by atoms with Crippen LogP contribution in [0.3, 0.4) is 0 Å². The lowest BCUT2D eigenvalue weighted by molar-refractivity contribution is 0.101. The number of halogens is 1. The van der Waals surface area contributed by atoms with Gasteiger partial charge >= 0.3 is 0 Å². The molecule has 3 N–H and O–H groups in total. The summed E-state index contributed by atoms with van der Waals surface area (Å²) in [5.41, 5.74) is 10.2. The molecule has 0 saturated carbocycles. The van der Waals surface area contributed by atoms with Gasteiger partial charge in [-0.1, -0.05) is 54.1 Å². The molecule has 0 spiro atoms. The maximum Gasteiger partial charge on any atom is 0.141 e. The highest BCUT2D eigenvalue weighted by Gasteiger charge is 2.12. The van der Waals surface area contributed by atoms with E-state index in [1.807, 2.05) is 37.3 Å². The molecule has 96 valence electrons. The Hall–Kier alpha value is -1.56. The molecule has 1 heterocycles. The van der Waals surface area contributed by atoms with Crippen molar-refractivity contribution in [3.63, 3.8) is 0 Å². The summed E-state index contributed by atoms with van der Waals surface area (Å²) < 4.78 is 0. The van der Waals surface area contributed by atoms with E-state index in [0.29, 0.717) is 17.5 Å². The Morgan fingerprint density at radius 2 is 2.06 bits per heavy atom. The summed E-state index contributed by atoms with van der Waals surface area (Å²) in [5, 5.41) is 2.10. The highest BCUT2D eigenvalue weighted by Crippen LogP contribution is 2.04. The van der Waals surface area contributed by atoms with E-state index in [0.717, 1.165) is 12.1 Å². The quantitative estimate of drug-likeness (QED) is 0.723. The van der Waals surface area contributed by atoms with E-state index >= 15 is 0 Å². The molecule has 0 fully saturated rings. The molecular weight excluding hydrogens is 250 g/mol. The van der Waals surface area contributed by atoms with E-state index in [2.05, 4.69) is 21.3 Å². The smallest absolute Gasteiger partial charge is 0.141 e. The minimum absolute atomic E-state index is 0.515. The fourth-order valence-electron chi connectivity index (χ4n) is 1.51. The van der Waals surface area contributed by atoms with E-state index in [1.165, 1.54) is 0 Å². The molecule has 1 aromatic carbocycles. The highest BCUT2D eigenvalue weighted by molar-refractivity contribution is 6.31. The summed E-state index contributed by atoms with van der Waals surface area (Å²) in [6.07, 6.45) is 1.75. The number of hydrogen-bond acceptors (Lipinski definition) is 4. The number of nitrogens with zero attached hydrogens (tertiary/aromatic N) is 2. The summed E-state index contributed by atoms with van der Waals surface area (Å²) in [5.74, 6) is 0.712. The highest BCUT2D eigenvalue weighted by atomic mass is 35.5. The van der Waals surface area contributed by atoms with Gasteiger partial charge in [0.15, 0.2) is 0 Å². The Balaban J connectivity index is 2.01. The topological polar surface area (TPSA) is 51.7 Å². The first-order chi connectivity index (χ1) is 8.78. The van der Waals surface area contributed by atoms with E-state index in [-0.39, 0.29) is 0 Å². The van der Waals surface area contributed by atoms with Crippen LogP contribution in [0.25, 0.3) is 0 Å². The molecule has 0 bridgehead atoms. The van der Waals surface area contributed by atoms with Crippen LogP contribution in [0.4, 0.5) is 0 Å².